The number of thioether (sulfide) groups is 1. The molecule has 11 heteroatoms. The fourth-order valence-electron chi connectivity index (χ4n) is 5.57. The van der Waals surface area contributed by atoms with Crippen LogP contribution in [0.25, 0.3) is 11.1 Å². The van der Waals surface area contributed by atoms with Crippen LogP contribution in [0, 0.1) is 17.7 Å². The highest BCUT2D eigenvalue weighted by atomic mass is 32.2. The zero-order chi connectivity index (χ0) is 35.1. The van der Waals surface area contributed by atoms with Gasteiger partial charge in [-0.1, -0.05) is 68.4 Å². The van der Waals surface area contributed by atoms with Crippen LogP contribution in [-0.4, -0.2) is 60.3 Å². The molecule has 0 spiro atoms. The Morgan fingerprint density at radius 3 is 2.15 bits per heavy atom. The number of rotatable bonds is 14. The predicted molar refractivity (Wildman–Crippen MR) is 185 cm³/mol. The van der Waals surface area contributed by atoms with Crippen LogP contribution in [-0.2, 0) is 33.9 Å². The molecule has 0 radical (unpaired) electrons. The van der Waals surface area contributed by atoms with Gasteiger partial charge in [0.15, 0.2) is 5.78 Å². The van der Waals surface area contributed by atoms with Gasteiger partial charge in [-0.05, 0) is 80.0 Å². The lowest BCUT2D eigenvalue weighted by Crippen LogP contribution is -2.39. The molecule has 8 nitrogen and oxygen atoms in total. The number of ketones is 1. The third-order valence-corrected chi connectivity index (χ3v) is 11.4. The molecular weight excluding hydrogens is 654 g/mol. The Morgan fingerprint density at radius 1 is 0.917 bits per heavy atom. The lowest BCUT2D eigenvalue weighted by Gasteiger charge is -2.25. The molecule has 1 aliphatic rings. The third-order valence-electron chi connectivity index (χ3n) is 8.11. The van der Waals surface area contributed by atoms with Crippen molar-refractivity contribution in [2.75, 3.05) is 18.9 Å². The molecule has 0 bridgehead atoms. The second kappa shape index (κ2) is 16.2. The van der Waals surface area contributed by atoms with Crippen LogP contribution in [0.4, 0.5) is 4.39 Å². The molecule has 258 valence electrons. The first kappa shape index (κ1) is 37.3. The predicted octanol–water partition coefficient (Wildman–Crippen LogP) is 7.24. The summed E-state index contributed by atoms with van der Waals surface area (Å²) in [4.78, 5) is 39.4. The van der Waals surface area contributed by atoms with E-state index in [1.165, 1.54) is 28.2 Å². The Hall–Kier alpha value is -3.54. The summed E-state index contributed by atoms with van der Waals surface area (Å²) in [5, 5.41) is -0.923. The largest absolute Gasteiger partial charge is 0.465 e. The van der Waals surface area contributed by atoms with E-state index in [2.05, 4.69) is 0 Å². The highest BCUT2D eigenvalue weighted by Gasteiger charge is 2.40. The zero-order valence-corrected chi connectivity index (χ0v) is 29.7. The molecule has 3 atom stereocenters. The molecule has 0 saturated carbocycles. The molecule has 1 saturated heterocycles. The van der Waals surface area contributed by atoms with Crippen LogP contribution in [0.5, 0.6) is 0 Å². The number of sulfonamides is 1. The molecule has 1 heterocycles. The minimum atomic E-state index is -3.97. The number of benzene rings is 3. The molecule has 3 aromatic rings. The van der Waals surface area contributed by atoms with Crippen LogP contribution in [0.2, 0.25) is 0 Å². The Bertz CT molecular complexity index is 1650. The maximum absolute atomic E-state index is 13.8. The van der Waals surface area contributed by atoms with Crippen LogP contribution in [0.3, 0.4) is 0 Å². The summed E-state index contributed by atoms with van der Waals surface area (Å²) in [6.45, 7) is 9.07. The first-order valence-electron chi connectivity index (χ1n) is 16.1. The molecule has 0 N–H and O–H groups in total. The van der Waals surface area contributed by atoms with Gasteiger partial charge in [-0.25, -0.2) is 12.8 Å². The number of hydrogen-bond acceptors (Lipinski definition) is 8. The molecule has 1 aliphatic heterocycles. The van der Waals surface area contributed by atoms with Crippen molar-refractivity contribution in [3.8, 4) is 11.1 Å². The van der Waals surface area contributed by atoms with E-state index in [0.717, 1.165) is 11.1 Å². The van der Waals surface area contributed by atoms with Crippen molar-refractivity contribution in [3.63, 3.8) is 0 Å². The van der Waals surface area contributed by atoms with E-state index in [-0.39, 0.29) is 49.0 Å². The van der Waals surface area contributed by atoms with Crippen molar-refractivity contribution in [1.29, 1.82) is 0 Å². The van der Waals surface area contributed by atoms with Crippen LogP contribution >= 0.6 is 11.8 Å². The molecule has 0 amide bonds. The highest BCUT2D eigenvalue weighted by Crippen LogP contribution is 2.35. The van der Waals surface area contributed by atoms with Crippen molar-refractivity contribution >= 4 is 39.5 Å². The van der Waals surface area contributed by atoms with E-state index in [9.17, 15) is 27.2 Å². The standard InChI is InChI=1S/C37H44FNO7S2/c1-25(2)32(24-34(41)46-37(3,4)5)36(42)45-21-19-29(28-11-15-30(38)16-12-28)23-33(40)35-39(20-22-47-35)48(43,44)31-17-13-27(14-18-31)26-9-7-6-8-10-26/h6-18,25,29,32,35H,19-24H2,1-5H3/t29-,32+,35+/m1/s1. The number of ether oxygens (including phenoxy) is 2. The van der Waals surface area contributed by atoms with Gasteiger partial charge in [0.1, 0.15) is 16.8 Å². The van der Waals surface area contributed by atoms with Gasteiger partial charge >= 0.3 is 11.9 Å². The van der Waals surface area contributed by atoms with Gasteiger partial charge in [0.25, 0.3) is 0 Å². The van der Waals surface area contributed by atoms with Crippen LogP contribution in [0.15, 0.2) is 83.8 Å². The second-order valence-corrected chi connectivity index (χ2v) is 16.3. The average molecular weight is 698 g/mol. The monoisotopic (exact) mass is 697 g/mol. The number of Topliss-reactive ketones (excluding diaryl/α,β-unsaturated/α-hetero) is 1. The fourth-order valence-corrected chi connectivity index (χ4v) is 8.74. The smallest absolute Gasteiger partial charge is 0.309 e. The lowest BCUT2D eigenvalue weighted by atomic mass is 9.90. The van der Waals surface area contributed by atoms with Crippen LogP contribution in [0.1, 0.15) is 65.4 Å². The molecule has 0 aliphatic carbocycles. The maximum Gasteiger partial charge on any atom is 0.309 e. The molecule has 3 aromatic carbocycles. The highest BCUT2D eigenvalue weighted by molar-refractivity contribution is 8.02. The molecule has 0 unspecified atom stereocenters. The van der Waals surface area contributed by atoms with Gasteiger partial charge in [0.05, 0.1) is 23.8 Å². The van der Waals surface area contributed by atoms with Crippen molar-refractivity contribution in [2.45, 2.75) is 75.7 Å². The minimum absolute atomic E-state index is 0.0364. The van der Waals surface area contributed by atoms with E-state index < -0.39 is 50.6 Å². The second-order valence-electron chi connectivity index (χ2n) is 13.2. The number of carbonyl (C=O) groups excluding carboxylic acids is 3. The van der Waals surface area contributed by atoms with Crippen molar-refractivity contribution in [1.82, 2.24) is 4.31 Å². The summed E-state index contributed by atoms with van der Waals surface area (Å²) in [5.74, 6) is -2.64. The number of halogens is 1. The third kappa shape index (κ3) is 9.99. The Labute approximate surface area is 287 Å². The molecule has 1 fully saturated rings. The van der Waals surface area contributed by atoms with Gasteiger partial charge in [0.2, 0.25) is 10.0 Å². The first-order chi connectivity index (χ1) is 22.7. The molecule has 4 rings (SSSR count). The van der Waals surface area contributed by atoms with Gasteiger partial charge in [0, 0.05) is 18.7 Å². The van der Waals surface area contributed by atoms with Crippen LogP contribution < -0.4 is 0 Å². The van der Waals surface area contributed by atoms with Gasteiger partial charge in [-0.3, -0.25) is 14.4 Å². The van der Waals surface area contributed by atoms with E-state index in [1.54, 1.807) is 57.2 Å². The first-order valence-corrected chi connectivity index (χ1v) is 18.6. The summed E-state index contributed by atoms with van der Waals surface area (Å²) < 4.78 is 53.5. The summed E-state index contributed by atoms with van der Waals surface area (Å²) in [6, 6.07) is 22.0. The van der Waals surface area contributed by atoms with Gasteiger partial charge in [-0.15, -0.1) is 11.8 Å². The van der Waals surface area contributed by atoms with Crippen molar-refractivity contribution in [3.05, 3.63) is 90.2 Å². The lowest BCUT2D eigenvalue weighted by molar-refractivity contribution is -0.163. The minimum Gasteiger partial charge on any atom is -0.465 e. The Kier molecular flexibility index (Phi) is 12.6. The summed E-state index contributed by atoms with van der Waals surface area (Å²) in [6.07, 6.45) is 0.0859. The SMILES string of the molecule is CC(C)[C@H](CC(=O)OC(C)(C)C)C(=O)OCC[C@H](CC(=O)[C@@H]1SCCN1S(=O)(=O)c1ccc(-c2ccccc2)cc1)c1ccc(F)cc1. The van der Waals surface area contributed by atoms with E-state index in [0.29, 0.717) is 11.3 Å². The number of nitrogens with zero attached hydrogens (tertiary/aromatic N) is 1. The van der Waals surface area contributed by atoms with Crippen molar-refractivity contribution < 1.29 is 36.7 Å². The Morgan fingerprint density at radius 2 is 1.54 bits per heavy atom. The van der Waals surface area contributed by atoms with Crippen molar-refractivity contribution in [2.24, 2.45) is 11.8 Å². The van der Waals surface area contributed by atoms with E-state index in [4.69, 9.17) is 9.47 Å². The molecule has 48 heavy (non-hydrogen) atoms. The van der Waals surface area contributed by atoms with E-state index in [1.807, 2.05) is 44.2 Å². The summed E-state index contributed by atoms with van der Waals surface area (Å²) in [7, 11) is -3.97. The van der Waals surface area contributed by atoms with Gasteiger partial charge in [-0.2, -0.15) is 4.31 Å². The number of hydrogen-bond donors (Lipinski definition) is 0. The number of esters is 2. The Balaban J connectivity index is 1.45. The maximum atomic E-state index is 13.8. The number of carbonyl (C=O) groups is 3. The average Bonchev–Trinajstić information content (AvgIpc) is 3.55. The van der Waals surface area contributed by atoms with E-state index >= 15 is 0 Å². The molecular formula is C37H44FNO7S2. The molecule has 0 aromatic heterocycles. The fraction of sp³-hybridized carbons (Fsp3) is 0.432. The normalized spacial score (nSPS) is 16.8. The topological polar surface area (TPSA) is 107 Å². The van der Waals surface area contributed by atoms with Gasteiger partial charge < -0.3 is 9.47 Å². The summed E-state index contributed by atoms with van der Waals surface area (Å²) in [5.41, 5.74) is 1.83. The summed E-state index contributed by atoms with van der Waals surface area (Å²) >= 11 is 1.27. The zero-order valence-electron chi connectivity index (χ0n) is 28.1. The quantitative estimate of drug-likeness (QED) is 0.162.